The molecule has 166 valence electrons. The number of benzene rings is 2. The maximum Gasteiger partial charge on any atom is 0.266 e. The van der Waals surface area contributed by atoms with Gasteiger partial charge in [-0.15, -0.1) is 6.58 Å². The van der Waals surface area contributed by atoms with E-state index in [-0.39, 0.29) is 18.4 Å². The van der Waals surface area contributed by atoms with Gasteiger partial charge in [0.25, 0.3) is 11.8 Å². The number of aryl methyl sites for hydroxylation is 1. The van der Waals surface area contributed by atoms with Crippen molar-refractivity contribution in [3.05, 3.63) is 71.2 Å². The van der Waals surface area contributed by atoms with Crippen molar-refractivity contribution in [1.29, 1.82) is 0 Å². The highest BCUT2D eigenvalue weighted by atomic mass is 32.2. The Bertz CT molecular complexity index is 1060. The van der Waals surface area contributed by atoms with Crippen LogP contribution >= 0.6 is 24.0 Å². The van der Waals surface area contributed by atoms with Gasteiger partial charge in [0.15, 0.2) is 18.1 Å². The van der Waals surface area contributed by atoms with Crippen molar-refractivity contribution in [2.45, 2.75) is 13.8 Å². The van der Waals surface area contributed by atoms with E-state index in [0.29, 0.717) is 39.6 Å². The quantitative estimate of drug-likeness (QED) is 0.324. The van der Waals surface area contributed by atoms with Crippen molar-refractivity contribution in [1.82, 2.24) is 4.90 Å². The van der Waals surface area contributed by atoms with E-state index in [1.54, 1.807) is 30.4 Å². The van der Waals surface area contributed by atoms with Crippen molar-refractivity contribution in [2.24, 2.45) is 0 Å². The number of carbonyl (C=O) groups is 2. The van der Waals surface area contributed by atoms with Gasteiger partial charge in [-0.2, -0.15) is 0 Å². The normalized spacial score (nSPS) is 14.6. The van der Waals surface area contributed by atoms with Gasteiger partial charge < -0.3 is 14.8 Å². The van der Waals surface area contributed by atoms with Gasteiger partial charge in [0.05, 0.1) is 11.5 Å². The van der Waals surface area contributed by atoms with Gasteiger partial charge in [0.1, 0.15) is 4.32 Å². The maximum atomic E-state index is 12.5. The number of nitrogens with one attached hydrogen (secondary N) is 1. The molecule has 0 saturated carbocycles. The average Bonchev–Trinajstić information content (AvgIpc) is 3.03. The fourth-order valence-electron chi connectivity index (χ4n) is 2.92. The first-order chi connectivity index (χ1) is 15.4. The molecule has 8 heteroatoms. The van der Waals surface area contributed by atoms with E-state index >= 15 is 0 Å². The summed E-state index contributed by atoms with van der Waals surface area (Å²) in [5.41, 5.74) is 2.59. The standard InChI is InChI=1S/C24H24N2O4S2/c1-4-12-26-23(28)21(32-24(26)31)14-17-8-11-19(20(13-17)29-5-2)30-15-22(27)25-18-9-6-16(3)7-10-18/h4,6-11,13-14H,1,5,12,15H2,2-3H3,(H,25,27)/b21-14-. The summed E-state index contributed by atoms with van der Waals surface area (Å²) in [7, 11) is 0. The van der Waals surface area contributed by atoms with Crippen LogP contribution in [0.3, 0.4) is 0 Å². The average molecular weight is 469 g/mol. The van der Waals surface area contributed by atoms with Crippen LogP contribution in [-0.2, 0) is 9.59 Å². The molecule has 1 aliphatic rings. The molecule has 0 aromatic heterocycles. The van der Waals surface area contributed by atoms with Crippen LogP contribution < -0.4 is 14.8 Å². The Morgan fingerprint density at radius 3 is 2.62 bits per heavy atom. The Balaban J connectivity index is 1.70. The molecule has 1 heterocycles. The van der Waals surface area contributed by atoms with Gasteiger partial charge >= 0.3 is 0 Å². The number of nitrogens with zero attached hydrogens (tertiary/aromatic N) is 1. The van der Waals surface area contributed by atoms with Crippen molar-refractivity contribution >= 4 is 51.9 Å². The molecule has 2 aromatic rings. The zero-order valence-corrected chi connectivity index (χ0v) is 19.6. The molecule has 0 unspecified atom stereocenters. The Kier molecular flexibility index (Phi) is 8.08. The molecule has 1 fully saturated rings. The van der Waals surface area contributed by atoms with Gasteiger partial charge in [0.2, 0.25) is 0 Å². The minimum absolute atomic E-state index is 0.147. The van der Waals surface area contributed by atoms with Crippen LogP contribution in [0.4, 0.5) is 5.69 Å². The summed E-state index contributed by atoms with van der Waals surface area (Å²) < 4.78 is 11.9. The smallest absolute Gasteiger partial charge is 0.266 e. The van der Waals surface area contributed by atoms with Gasteiger partial charge in [-0.1, -0.05) is 53.8 Å². The van der Waals surface area contributed by atoms with Gasteiger partial charge in [-0.3, -0.25) is 14.5 Å². The van der Waals surface area contributed by atoms with E-state index in [1.165, 1.54) is 16.7 Å². The number of thioether (sulfide) groups is 1. The first-order valence-corrected chi connectivity index (χ1v) is 11.3. The minimum Gasteiger partial charge on any atom is -0.490 e. The Hall–Kier alpha value is -3.10. The Morgan fingerprint density at radius 2 is 1.94 bits per heavy atom. The van der Waals surface area contributed by atoms with E-state index < -0.39 is 0 Å². The molecule has 3 rings (SSSR count). The molecule has 2 aromatic carbocycles. The third-order valence-electron chi connectivity index (χ3n) is 4.44. The number of hydrogen-bond donors (Lipinski definition) is 1. The van der Waals surface area contributed by atoms with Crippen LogP contribution in [0.25, 0.3) is 6.08 Å². The van der Waals surface area contributed by atoms with Gasteiger partial charge in [-0.05, 0) is 49.8 Å². The van der Waals surface area contributed by atoms with E-state index in [0.717, 1.165) is 11.1 Å². The van der Waals surface area contributed by atoms with E-state index in [1.807, 2.05) is 38.1 Å². The van der Waals surface area contributed by atoms with Crippen LogP contribution in [0.1, 0.15) is 18.1 Å². The molecule has 6 nitrogen and oxygen atoms in total. The maximum absolute atomic E-state index is 12.5. The SMILES string of the molecule is C=CCN1C(=O)/C(=C/c2ccc(OCC(=O)Nc3ccc(C)cc3)c(OCC)c2)SC1=S. The highest BCUT2D eigenvalue weighted by molar-refractivity contribution is 8.26. The number of rotatable bonds is 9. The lowest BCUT2D eigenvalue weighted by Crippen LogP contribution is -2.27. The van der Waals surface area contributed by atoms with Gasteiger partial charge in [0, 0.05) is 12.2 Å². The van der Waals surface area contributed by atoms with Crippen LogP contribution in [-0.4, -0.2) is 40.8 Å². The van der Waals surface area contributed by atoms with Crippen molar-refractivity contribution in [3.8, 4) is 11.5 Å². The zero-order valence-electron chi connectivity index (χ0n) is 17.9. The Morgan fingerprint density at radius 1 is 1.19 bits per heavy atom. The summed E-state index contributed by atoms with van der Waals surface area (Å²) in [5, 5.41) is 2.80. The molecule has 0 atom stereocenters. The number of thiocarbonyl (C=S) groups is 1. The third kappa shape index (κ3) is 5.99. The highest BCUT2D eigenvalue weighted by Gasteiger charge is 2.31. The molecule has 1 aliphatic heterocycles. The molecule has 0 aliphatic carbocycles. The van der Waals surface area contributed by atoms with Crippen LogP contribution in [0.5, 0.6) is 11.5 Å². The van der Waals surface area contributed by atoms with Crippen molar-refractivity contribution < 1.29 is 19.1 Å². The van der Waals surface area contributed by atoms with E-state index in [9.17, 15) is 9.59 Å². The Labute approximate surface area is 197 Å². The molecule has 1 saturated heterocycles. The predicted molar refractivity (Wildman–Crippen MR) is 133 cm³/mol. The predicted octanol–water partition coefficient (Wildman–Crippen LogP) is 4.80. The number of amides is 2. The van der Waals surface area contributed by atoms with Crippen molar-refractivity contribution in [3.63, 3.8) is 0 Å². The second kappa shape index (κ2) is 11.0. The largest absolute Gasteiger partial charge is 0.490 e. The topological polar surface area (TPSA) is 67.9 Å². The third-order valence-corrected chi connectivity index (χ3v) is 5.82. The molecular formula is C24H24N2O4S2. The fraction of sp³-hybridized carbons (Fsp3) is 0.208. The second-order valence-electron chi connectivity index (χ2n) is 6.92. The van der Waals surface area contributed by atoms with Crippen LogP contribution in [0, 0.1) is 6.92 Å². The number of hydrogen-bond acceptors (Lipinski definition) is 6. The summed E-state index contributed by atoms with van der Waals surface area (Å²) in [6.45, 7) is 8.15. The molecule has 2 amide bonds. The lowest BCUT2D eigenvalue weighted by Gasteiger charge is -2.13. The first-order valence-electron chi connectivity index (χ1n) is 10.0. The van der Waals surface area contributed by atoms with E-state index in [4.69, 9.17) is 21.7 Å². The highest BCUT2D eigenvalue weighted by Crippen LogP contribution is 2.34. The number of ether oxygens (including phenoxy) is 2. The number of carbonyl (C=O) groups excluding carboxylic acids is 2. The minimum atomic E-state index is -0.272. The summed E-state index contributed by atoms with van der Waals surface area (Å²) in [6, 6.07) is 12.8. The van der Waals surface area contributed by atoms with E-state index in [2.05, 4.69) is 11.9 Å². The summed E-state index contributed by atoms with van der Waals surface area (Å²) in [6.07, 6.45) is 3.40. The fourth-order valence-corrected chi connectivity index (χ4v) is 4.19. The summed E-state index contributed by atoms with van der Waals surface area (Å²) >= 11 is 6.53. The molecular weight excluding hydrogens is 444 g/mol. The second-order valence-corrected chi connectivity index (χ2v) is 8.60. The first kappa shape index (κ1) is 23.6. The lowest BCUT2D eigenvalue weighted by atomic mass is 10.2. The monoisotopic (exact) mass is 468 g/mol. The van der Waals surface area contributed by atoms with Gasteiger partial charge in [-0.25, -0.2) is 0 Å². The molecule has 1 N–H and O–H groups in total. The van der Waals surface area contributed by atoms with Crippen LogP contribution in [0.2, 0.25) is 0 Å². The summed E-state index contributed by atoms with van der Waals surface area (Å²) in [4.78, 5) is 26.8. The van der Waals surface area contributed by atoms with Crippen LogP contribution in [0.15, 0.2) is 60.0 Å². The lowest BCUT2D eigenvalue weighted by molar-refractivity contribution is -0.121. The molecule has 0 bridgehead atoms. The zero-order chi connectivity index (χ0) is 23.1. The molecule has 0 radical (unpaired) electrons. The summed E-state index contributed by atoms with van der Waals surface area (Å²) in [5.74, 6) is 0.519. The van der Waals surface area contributed by atoms with Crippen molar-refractivity contribution in [2.75, 3.05) is 25.1 Å². The molecule has 32 heavy (non-hydrogen) atoms. The molecule has 0 spiro atoms. The number of anilines is 1.